The molecule has 0 unspecified atom stereocenters. The predicted octanol–water partition coefficient (Wildman–Crippen LogP) is 2.87. The normalized spacial score (nSPS) is 14.0. The number of carbonyl (C=O) groups excluding carboxylic acids is 1. The molecule has 10 nitrogen and oxygen atoms in total. The summed E-state index contributed by atoms with van der Waals surface area (Å²) in [5, 5.41) is 17.7. The molecule has 1 aromatic carbocycles. The van der Waals surface area contributed by atoms with Gasteiger partial charge in [-0.1, -0.05) is 18.2 Å². The van der Waals surface area contributed by atoms with Crippen LogP contribution >= 0.6 is 0 Å². The van der Waals surface area contributed by atoms with Crippen molar-refractivity contribution in [2.45, 2.75) is 38.7 Å². The second kappa shape index (κ2) is 11.2. The van der Waals surface area contributed by atoms with Gasteiger partial charge in [0, 0.05) is 48.6 Å². The van der Waals surface area contributed by atoms with E-state index in [-0.39, 0.29) is 24.2 Å². The van der Waals surface area contributed by atoms with Crippen molar-refractivity contribution in [2.24, 2.45) is 11.7 Å². The Hall–Kier alpha value is -3.76. The molecule has 0 spiro atoms. The van der Waals surface area contributed by atoms with Crippen molar-refractivity contribution in [2.75, 3.05) is 18.0 Å². The van der Waals surface area contributed by atoms with Crippen LogP contribution < -0.4 is 16.0 Å². The van der Waals surface area contributed by atoms with Crippen LogP contribution in [0, 0.1) is 17.1 Å². The summed E-state index contributed by atoms with van der Waals surface area (Å²) in [6.07, 6.45) is 5.92. The van der Waals surface area contributed by atoms with E-state index in [9.17, 15) is 14.0 Å². The number of carboxylic acids is 1. The van der Waals surface area contributed by atoms with Crippen LogP contribution in [-0.2, 0) is 16.1 Å². The van der Waals surface area contributed by atoms with Crippen LogP contribution in [0.4, 0.5) is 15.1 Å². The fourth-order valence-corrected chi connectivity index (χ4v) is 3.79. The summed E-state index contributed by atoms with van der Waals surface area (Å²) in [5.41, 5.74) is 6.00. The van der Waals surface area contributed by atoms with Crippen LogP contribution in [0.2, 0.25) is 0 Å². The number of nitrogens with one attached hydrogen (secondary N) is 2. The number of rotatable bonds is 8. The number of anilines is 1. The van der Waals surface area contributed by atoms with Crippen molar-refractivity contribution < 1.29 is 23.8 Å². The average Bonchev–Trinajstić information content (AvgIpc) is 2.78. The number of aromatic nitrogens is 2. The fourth-order valence-electron chi connectivity index (χ4n) is 3.79. The molecule has 2 heterocycles. The molecule has 5 N–H and O–H groups in total. The Labute approximate surface area is 190 Å². The van der Waals surface area contributed by atoms with E-state index >= 15 is 0 Å². The number of aliphatic carboxylic acids is 1. The quantitative estimate of drug-likeness (QED) is 0.348. The van der Waals surface area contributed by atoms with Gasteiger partial charge in [0.2, 0.25) is 5.95 Å². The first-order valence-corrected chi connectivity index (χ1v) is 10.7. The zero-order valence-corrected chi connectivity index (χ0v) is 18.1. The molecule has 0 bridgehead atoms. The standard InChI is InChI=1S/C22H27FN6O4/c23-19-15(13-33-22(32)28-20(24)25)4-2-5-17(19)16-11-26-21(27-12-16)29-9-7-14(8-10-29)3-1-6-18(30)31/h2,4-5,11-12,14H,1,3,6-10,13H2,(H,30,31)(H4,24,25,28,32). The number of amides is 1. The van der Waals surface area contributed by atoms with E-state index in [1.807, 2.05) is 5.32 Å². The van der Waals surface area contributed by atoms with E-state index < -0.39 is 23.8 Å². The molecular weight excluding hydrogens is 431 g/mol. The van der Waals surface area contributed by atoms with E-state index in [2.05, 4.69) is 14.9 Å². The largest absolute Gasteiger partial charge is 0.481 e. The Kier molecular flexibility index (Phi) is 8.11. The van der Waals surface area contributed by atoms with Gasteiger partial charge < -0.3 is 20.5 Å². The third-order valence-electron chi connectivity index (χ3n) is 5.52. The number of carbonyl (C=O) groups is 2. The number of nitrogens with two attached hydrogens (primary N) is 1. The minimum Gasteiger partial charge on any atom is -0.481 e. The SMILES string of the molecule is N=C(N)NC(=O)OCc1cccc(-c2cnc(N3CCC(CCCC(=O)O)CC3)nc2)c1F. The van der Waals surface area contributed by atoms with Gasteiger partial charge in [0.15, 0.2) is 5.96 Å². The molecule has 1 aromatic heterocycles. The Balaban J connectivity index is 1.58. The number of nitrogens with zero attached hydrogens (tertiary/aromatic N) is 3. The van der Waals surface area contributed by atoms with Crippen LogP contribution in [-0.4, -0.2) is 46.2 Å². The number of carboxylic acid groups (broad SMARTS) is 1. The number of alkyl carbamates (subject to hydrolysis) is 1. The summed E-state index contributed by atoms with van der Waals surface area (Å²) in [5.74, 6) is -0.783. The van der Waals surface area contributed by atoms with Gasteiger partial charge in [-0.05, 0) is 31.6 Å². The maximum Gasteiger partial charge on any atom is 0.414 e. The van der Waals surface area contributed by atoms with Gasteiger partial charge in [-0.3, -0.25) is 15.5 Å². The van der Waals surface area contributed by atoms with Gasteiger partial charge in [0.1, 0.15) is 12.4 Å². The molecule has 1 aliphatic rings. The van der Waals surface area contributed by atoms with Crippen molar-refractivity contribution >= 4 is 24.0 Å². The third-order valence-corrected chi connectivity index (χ3v) is 5.52. The molecule has 0 saturated carbocycles. The molecule has 1 aliphatic heterocycles. The number of piperidine rings is 1. The molecule has 1 amide bonds. The minimum absolute atomic E-state index is 0.167. The topological polar surface area (TPSA) is 155 Å². The minimum atomic E-state index is -0.939. The lowest BCUT2D eigenvalue weighted by atomic mass is 9.92. The predicted molar refractivity (Wildman–Crippen MR) is 119 cm³/mol. The zero-order valence-electron chi connectivity index (χ0n) is 18.1. The van der Waals surface area contributed by atoms with Crippen LogP contribution in [0.25, 0.3) is 11.1 Å². The number of hydrogen-bond acceptors (Lipinski definition) is 7. The highest BCUT2D eigenvalue weighted by Crippen LogP contribution is 2.27. The first-order chi connectivity index (χ1) is 15.8. The molecule has 176 valence electrons. The summed E-state index contributed by atoms with van der Waals surface area (Å²) in [6.45, 7) is 1.26. The first kappa shape index (κ1) is 23.9. The third kappa shape index (κ3) is 6.86. The maximum atomic E-state index is 14.9. The Morgan fingerprint density at radius 2 is 1.97 bits per heavy atom. The van der Waals surface area contributed by atoms with E-state index in [0.717, 1.165) is 32.4 Å². The van der Waals surface area contributed by atoms with E-state index in [1.54, 1.807) is 24.5 Å². The summed E-state index contributed by atoms with van der Waals surface area (Å²) in [7, 11) is 0. The highest BCUT2D eigenvalue weighted by Gasteiger charge is 2.21. The Bertz CT molecular complexity index is 993. The zero-order chi connectivity index (χ0) is 23.8. The molecule has 0 aliphatic carbocycles. The van der Waals surface area contributed by atoms with Gasteiger partial charge in [-0.25, -0.2) is 19.2 Å². The van der Waals surface area contributed by atoms with Crippen LogP contribution in [0.15, 0.2) is 30.6 Å². The van der Waals surface area contributed by atoms with Gasteiger partial charge in [-0.2, -0.15) is 0 Å². The number of halogens is 1. The molecule has 3 rings (SSSR count). The Morgan fingerprint density at radius 1 is 1.27 bits per heavy atom. The number of hydrogen-bond donors (Lipinski definition) is 4. The lowest BCUT2D eigenvalue weighted by molar-refractivity contribution is -0.137. The highest BCUT2D eigenvalue weighted by molar-refractivity contribution is 5.90. The molecule has 1 fully saturated rings. The molecule has 0 atom stereocenters. The number of guanidine groups is 1. The van der Waals surface area contributed by atoms with Crippen molar-refractivity contribution in [3.63, 3.8) is 0 Å². The van der Waals surface area contributed by atoms with E-state index in [4.69, 9.17) is 21.0 Å². The van der Waals surface area contributed by atoms with Gasteiger partial charge in [0.05, 0.1) is 0 Å². The smallest absolute Gasteiger partial charge is 0.414 e. The lowest BCUT2D eigenvalue weighted by Crippen LogP contribution is -2.36. The number of benzene rings is 1. The van der Waals surface area contributed by atoms with Gasteiger partial charge >= 0.3 is 12.1 Å². The second-order valence-corrected chi connectivity index (χ2v) is 7.88. The molecular formula is C22H27FN6O4. The van der Waals surface area contributed by atoms with E-state index in [0.29, 0.717) is 23.9 Å². The highest BCUT2D eigenvalue weighted by atomic mass is 19.1. The molecule has 2 aromatic rings. The van der Waals surface area contributed by atoms with Gasteiger partial charge in [0.25, 0.3) is 0 Å². The van der Waals surface area contributed by atoms with E-state index in [1.165, 1.54) is 6.07 Å². The van der Waals surface area contributed by atoms with Crippen LogP contribution in [0.5, 0.6) is 0 Å². The maximum absolute atomic E-state index is 14.9. The average molecular weight is 458 g/mol. The first-order valence-electron chi connectivity index (χ1n) is 10.7. The van der Waals surface area contributed by atoms with Crippen LogP contribution in [0.3, 0.4) is 0 Å². The lowest BCUT2D eigenvalue weighted by Gasteiger charge is -2.32. The molecule has 0 radical (unpaired) electrons. The molecule has 1 saturated heterocycles. The number of ether oxygens (including phenoxy) is 1. The van der Waals surface area contributed by atoms with Crippen LogP contribution in [0.1, 0.15) is 37.7 Å². The summed E-state index contributed by atoms with van der Waals surface area (Å²) in [4.78, 5) is 33.0. The second-order valence-electron chi connectivity index (χ2n) is 7.88. The monoisotopic (exact) mass is 458 g/mol. The Morgan fingerprint density at radius 3 is 2.61 bits per heavy atom. The molecule has 33 heavy (non-hydrogen) atoms. The van der Waals surface area contributed by atoms with Crippen molar-refractivity contribution in [3.8, 4) is 11.1 Å². The van der Waals surface area contributed by atoms with Crippen molar-refractivity contribution in [1.29, 1.82) is 5.41 Å². The summed E-state index contributed by atoms with van der Waals surface area (Å²) in [6, 6.07) is 4.73. The molecule has 11 heteroatoms. The van der Waals surface area contributed by atoms with Gasteiger partial charge in [-0.15, -0.1) is 0 Å². The van der Waals surface area contributed by atoms with Crippen molar-refractivity contribution in [3.05, 3.63) is 42.0 Å². The fraction of sp³-hybridized carbons (Fsp3) is 0.409. The van der Waals surface area contributed by atoms with Crippen molar-refractivity contribution in [1.82, 2.24) is 15.3 Å². The summed E-state index contributed by atoms with van der Waals surface area (Å²) < 4.78 is 19.8. The summed E-state index contributed by atoms with van der Waals surface area (Å²) >= 11 is 0.